The van der Waals surface area contributed by atoms with Gasteiger partial charge in [0.1, 0.15) is 5.75 Å². The zero-order valence-electron chi connectivity index (χ0n) is 14.4. The van der Waals surface area contributed by atoms with Gasteiger partial charge >= 0.3 is 6.18 Å². The number of alkyl halides is 3. The number of amides is 1. The Kier molecular flexibility index (Phi) is 4.61. The summed E-state index contributed by atoms with van der Waals surface area (Å²) in [5.74, 6) is -0.409. The molecule has 140 valence electrons. The van der Waals surface area contributed by atoms with Crippen molar-refractivity contribution in [2.75, 3.05) is 5.32 Å². The van der Waals surface area contributed by atoms with Gasteiger partial charge in [0.05, 0.1) is 16.9 Å². The molecule has 3 aromatic rings. The Bertz CT molecular complexity index is 995. The molecule has 3 rings (SSSR count). The number of nitrogens with one attached hydrogen (secondary N) is 1. The van der Waals surface area contributed by atoms with E-state index in [1.807, 2.05) is 0 Å². The standard InChI is InChI=1S/C18H15F3N4O2/c1-10-9-13(5-8-15(10)26)22-17(27)16-11(2)23-25(24-16)14-6-3-12(4-7-14)18(19,20)21/h3-9,26H,1-2H3,(H,22,27). The van der Waals surface area contributed by atoms with Gasteiger partial charge in [-0.3, -0.25) is 4.79 Å². The van der Waals surface area contributed by atoms with Crippen molar-refractivity contribution >= 4 is 11.6 Å². The predicted octanol–water partition coefficient (Wildman–Crippen LogP) is 3.86. The first-order valence-electron chi connectivity index (χ1n) is 7.87. The molecule has 2 N–H and O–H groups in total. The van der Waals surface area contributed by atoms with Crippen LogP contribution >= 0.6 is 0 Å². The molecule has 1 aromatic heterocycles. The quantitative estimate of drug-likeness (QED) is 0.681. The predicted molar refractivity (Wildman–Crippen MR) is 91.9 cm³/mol. The molecule has 1 amide bonds. The summed E-state index contributed by atoms with van der Waals surface area (Å²) in [7, 11) is 0. The maximum atomic E-state index is 12.6. The number of anilines is 1. The van der Waals surface area contributed by atoms with E-state index < -0.39 is 17.6 Å². The number of aromatic nitrogens is 3. The van der Waals surface area contributed by atoms with Gasteiger partial charge in [-0.05, 0) is 61.9 Å². The average Bonchev–Trinajstić information content (AvgIpc) is 2.99. The smallest absolute Gasteiger partial charge is 0.416 e. The molecule has 0 spiro atoms. The van der Waals surface area contributed by atoms with Crippen LogP contribution in [0.25, 0.3) is 5.69 Å². The van der Waals surface area contributed by atoms with Gasteiger partial charge in [-0.15, -0.1) is 5.10 Å². The third kappa shape index (κ3) is 3.91. The van der Waals surface area contributed by atoms with Crippen molar-refractivity contribution in [2.45, 2.75) is 20.0 Å². The van der Waals surface area contributed by atoms with E-state index in [1.54, 1.807) is 19.9 Å². The summed E-state index contributed by atoms with van der Waals surface area (Å²) in [6.45, 7) is 3.27. The van der Waals surface area contributed by atoms with E-state index in [9.17, 15) is 23.1 Å². The number of hydrogen-bond donors (Lipinski definition) is 2. The van der Waals surface area contributed by atoms with Gasteiger partial charge in [-0.2, -0.15) is 23.1 Å². The average molecular weight is 376 g/mol. The van der Waals surface area contributed by atoms with Crippen molar-refractivity contribution in [3.63, 3.8) is 0 Å². The van der Waals surface area contributed by atoms with Gasteiger partial charge in [0.15, 0.2) is 5.69 Å². The fraction of sp³-hybridized carbons (Fsp3) is 0.167. The highest BCUT2D eigenvalue weighted by molar-refractivity contribution is 6.03. The summed E-state index contributed by atoms with van der Waals surface area (Å²) >= 11 is 0. The molecule has 0 saturated carbocycles. The second-order valence-electron chi connectivity index (χ2n) is 5.92. The lowest BCUT2D eigenvalue weighted by molar-refractivity contribution is -0.137. The van der Waals surface area contributed by atoms with Crippen LogP contribution < -0.4 is 5.32 Å². The number of halogens is 3. The fourth-order valence-electron chi connectivity index (χ4n) is 2.41. The normalized spacial score (nSPS) is 11.4. The second kappa shape index (κ2) is 6.75. The Morgan fingerprint density at radius 1 is 1.07 bits per heavy atom. The van der Waals surface area contributed by atoms with Gasteiger partial charge in [0.25, 0.3) is 5.91 Å². The zero-order valence-corrected chi connectivity index (χ0v) is 14.4. The minimum atomic E-state index is -4.43. The van der Waals surface area contributed by atoms with Crippen molar-refractivity contribution in [1.29, 1.82) is 0 Å². The van der Waals surface area contributed by atoms with Crippen molar-refractivity contribution in [3.05, 3.63) is 65.0 Å². The van der Waals surface area contributed by atoms with E-state index >= 15 is 0 Å². The topological polar surface area (TPSA) is 80.0 Å². The Morgan fingerprint density at radius 3 is 2.33 bits per heavy atom. The van der Waals surface area contributed by atoms with Gasteiger partial charge in [-0.1, -0.05) is 0 Å². The maximum Gasteiger partial charge on any atom is 0.416 e. The number of hydrogen-bond acceptors (Lipinski definition) is 4. The van der Waals surface area contributed by atoms with Crippen LogP contribution in [0.5, 0.6) is 5.75 Å². The number of phenols is 1. The Morgan fingerprint density at radius 2 is 1.74 bits per heavy atom. The molecule has 0 aliphatic carbocycles. The number of carbonyl (C=O) groups excluding carboxylic acids is 1. The molecule has 0 saturated heterocycles. The Balaban J connectivity index is 1.83. The third-order valence-corrected chi connectivity index (χ3v) is 3.88. The van der Waals surface area contributed by atoms with Crippen molar-refractivity contribution in [1.82, 2.24) is 15.0 Å². The first kappa shape index (κ1) is 18.4. The molecular formula is C18H15F3N4O2. The van der Waals surface area contributed by atoms with Gasteiger partial charge in [0, 0.05) is 5.69 Å². The molecule has 6 nitrogen and oxygen atoms in total. The summed E-state index contributed by atoms with van der Waals surface area (Å²) in [6, 6.07) is 8.90. The number of aryl methyl sites for hydroxylation is 2. The van der Waals surface area contributed by atoms with Crippen LogP contribution in [-0.4, -0.2) is 26.0 Å². The van der Waals surface area contributed by atoms with Gasteiger partial charge in [-0.25, -0.2) is 0 Å². The van der Waals surface area contributed by atoms with Crippen LogP contribution in [-0.2, 0) is 6.18 Å². The van der Waals surface area contributed by atoms with Crippen LogP contribution in [0.1, 0.15) is 27.3 Å². The first-order chi connectivity index (χ1) is 12.6. The number of benzene rings is 2. The molecule has 0 fully saturated rings. The summed E-state index contributed by atoms with van der Waals surface area (Å²) in [5.41, 5.74) is 0.946. The van der Waals surface area contributed by atoms with Crippen LogP contribution in [0.2, 0.25) is 0 Å². The highest BCUT2D eigenvalue weighted by atomic mass is 19.4. The van der Waals surface area contributed by atoms with Crippen LogP contribution in [0, 0.1) is 13.8 Å². The lowest BCUT2D eigenvalue weighted by atomic mass is 10.2. The SMILES string of the molecule is Cc1cc(NC(=O)c2nn(-c3ccc(C(F)(F)F)cc3)nc2C)ccc1O. The molecular weight excluding hydrogens is 361 g/mol. The fourth-order valence-corrected chi connectivity index (χ4v) is 2.41. The minimum absolute atomic E-state index is 0.0422. The van der Waals surface area contributed by atoms with E-state index in [0.717, 1.165) is 16.9 Å². The number of nitrogens with zero attached hydrogens (tertiary/aromatic N) is 3. The lowest BCUT2D eigenvalue weighted by Gasteiger charge is -2.07. The van der Waals surface area contributed by atoms with Crippen molar-refractivity contribution < 1.29 is 23.1 Å². The summed E-state index contributed by atoms with van der Waals surface area (Å²) in [6.07, 6.45) is -4.43. The largest absolute Gasteiger partial charge is 0.508 e. The molecule has 27 heavy (non-hydrogen) atoms. The number of phenolic OH excluding ortho intramolecular Hbond substituents is 1. The van der Waals surface area contributed by atoms with Crippen molar-refractivity contribution in [2.24, 2.45) is 0 Å². The number of aromatic hydroxyl groups is 1. The minimum Gasteiger partial charge on any atom is -0.508 e. The number of rotatable bonds is 3. The second-order valence-corrected chi connectivity index (χ2v) is 5.92. The highest BCUT2D eigenvalue weighted by Gasteiger charge is 2.30. The number of carbonyl (C=O) groups is 1. The molecule has 9 heteroatoms. The van der Waals surface area contributed by atoms with E-state index in [1.165, 1.54) is 24.3 Å². The molecule has 0 atom stereocenters. The first-order valence-corrected chi connectivity index (χ1v) is 7.87. The van der Waals surface area contributed by atoms with Crippen LogP contribution in [0.3, 0.4) is 0 Å². The summed E-state index contributed by atoms with van der Waals surface area (Å²) in [4.78, 5) is 13.5. The monoisotopic (exact) mass is 376 g/mol. The van der Waals surface area contributed by atoms with Crippen LogP contribution in [0.15, 0.2) is 42.5 Å². The van der Waals surface area contributed by atoms with E-state index in [-0.39, 0.29) is 11.4 Å². The molecule has 0 bridgehead atoms. The Labute approximate surface area is 152 Å². The maximum absolute atomic E-state index is 12.6. The van der Waals surface area contributed by atoms with Crippen LogP contribution in [0.4, 0.5) is 18.9 Å². The molecule has 2 aromatic carbocycles. The molecule has 0 aliphatic rings. The van der Waals surface area contributed by atoms with E-state index in [2.05, 4.69) is 15.5 Å². The summed E-state index contributed by atoms with van der Waals surface area (Å²) < 4.78 is 37.9. The molecule has 0 radical (unpaired) electrons. The van der Waals surface area contributed by atoms with Gasteiger partial charge in [0.2, 0.25) is 0 Å². The van der Waals surface area contributed by atoms with Gasteiger partial charge < -0.3 is 10.4 Å². The third-order valence-electron chi connectivity index (χ3n) is 3.88. The van der Waals surface area contributed by atoms with Crippen molar-refractivity contribution in [3.8, 4) is 11.4 Å². The van der Waals surface area contributed by atoms with E-state index in [0.29, 0.717) is 22.6 Å². The molecule has 0 aliphatic heterocycles. The molecule has 1 heterocycles. The summed E-state index contributed by atoms with van der Waals surface area (Å²) in [5, 5.41) is 20.3. The zero-order chi connectivity index (χ0) is 19.8. The Hall–Kier alpha value is -3.36. The molecule has 0 unspecified atom stereocenters. The highest BCUT2D eigenvalue weighted by Crippen LogP contribution is 2.29. The van der Waals surface area contributed by atoms with E-state index in [4.69, 9.17) is 0 Å². The lowest BCUT2D eigenvalue weighted by Crippen LogP contribution is -2.14.